The third kappa shape index (κ3) is 2.58. The highest BCUT2D eigenvalue weighted by Crippen LogP contribution is 2.18. The molecule has 0 aliphatic rings. The van der Waals surface area contributed by atoms with E-state index in [2.05, 4.69) is 22.4 Å². The fraction of sp³-hybridized carbons (Fsp3) is 0.417. The van der Waals surface area contributed by atoms with Crippen molar-refractivity contribution in [2.24, 2.45) is 0 Å². The van der Waals surface area contributed by atoms with Crippen molar-refractivity contribution in [3.63, 3.8) is 0 Å². The maximum absolute atomic E-state index is 11.3. The van der Waals surface area contributed by atoms with Crippen LogP contribution in [0.3, 0.4) is 0 Å². The van der Waals surface area contributed by atoms with Crippen molar-refractivity contribution in [3.8, 4) is 11.3 Å². The molecule has 2 heterocycles. The van der Waals surface area contributed by atoms with E-state index in [0.29, 0.717) is 0 Å². The summed E-state index contributed by atoms with van der Waals surface area (Å²) >= 11 is 0. The van der Waals surface area contributed by atoms with E-state index in [4.69, 9.17) is 0 Å². The van der Waals surface area contributed by atoms with Crippen molar-refractivity contribution in [3.05, 3.63) is 24.7 Å². The Balaban J connectivity index is 2.18. The zero-order valence-corrected chi connectivity index (χ0v) is 10.6. The molecule has 2 aromatic rings. The van der Waals surface area contributed by atoms with Gasteiger partial charge in [0.05, 0.1) is 11.9 Å². The van der Waals surface area contributed by atoms with Crippen LogP contribution >= 0.6 is 0 Å². The molecule has 2 aromatic heterocycles. The molecule has 0 fully saturated rings. The molecule has 0 aliphatic heterocycles. The molecule has 6 nitrogen and oxygen atoms in total. The summed E-state index contributed by atoms with van der Waals surface area (Å²) in [5.41, 5.74) is 2.00. The summed E-state index contributed by atoms with van der Waals surface area (Å²) < 4.78 is 3.57. The molecule has 0 atom stereocenters. The van der Waals surface area contributed by atoms with Gasteiger partial charge in [0.1, 0.15) is 6.54 Å². The first-order valence-electron chi connectivity index (χ1n) is 5.99. The van der Waals surface area contributed by atoms with Gasteiger partial charge in [0.25, 0.3) is 0 Å². The number of hydrogen-bond acceptors (Lipinski definition) is 3. The molecule has 96 valence electrons. The van der Waals surface area contributed by atoms with Crippen molar-refractivity contribution in [1.29, 1.82) is 0 Å². The summed E-state index contributed by atoms with van der Waals surface area (Å²) in [4.78, 5) is 11.3. The third-order valence-electron chi connectivity index (χ3n) is 2.67. The average molecular weight is 247 g/mol. The van der Waals surface area contributed by atoms with Gasteiger partial charge in [-0.25, -0.2) is 0 Å². The fourth-order valence-corrected chi connectivity index (χ4v) is 1.78. The van der Waals surface area contributed by atoms with Crippen LogP contribution in [0.15, 0.2) is 24.7 Å². The number of nitrogens with one attached hydrogen (secondary N) is 1. The van der Waals surface area contributed by atoms with Gasteiger partial charge in [-0.05, 0) is 12.5 Å². The van der Waals surface area contributed by atoms with E-state index in [1.165, 1.54) is 0 Å². The fourth-order valence-electron chi connectivity index (χ4n) is 1.78. The highest BCUT2D eigenvalue weighted by atomic mass is 16.1. The molecule has 0 unspecified atom stereocenters. The maximum Gasteiger partial charge on any atom is 0.241 e. The average Bonchev–Trinajstić information content (AvgIpc) is 2.98. The second kappa shape index (κ2) is 5.48. The molecule has 6 heteroatoms. The van der Waals surface area contributed by atoms with Gasteiger partial charge in [0.15, 0.2) is 0 Å². The van der Waals surface area contributed by atoms with E-state index in [0.717, 1.165) is 24.2 Å². The smallest absolute Gasteiger partial charge is 0.241 e. The Bertz CT molecular complexity index is 528. The predicted octanol–water partition coefficient (Wildman–Crippen LogP) is 0.903. The zero-order valence-electron chi connectivity index (χ0n) is 10.6. The zero-order chi connectivity index (χ0) is 13.0. The number of aromatic nitrogens is 4. The summed E-state index contributed by atoms with van der Waals surface area (Å²) in [5.74, 6) is -0.0632. The summed E-state index contributed by atoms with van der Waals surface area (Å²) in [6.07, 6.45) is 6.42. The van der Waals surface area contributed by atoms with Gasteiger partial charge >= 0.3 is 0 Å². The molecule has 0 bridgehead atoms. The Morgan fingerprint density at radius 3 is 3.00 bits per heavy atom. The van der Waals surface area contributed by atoms with E-state index in [9.17, 15) is 4.79 Å². The lowest BCUT2D eigenvalue weighted by Gasteiger charge is -2.03. The van der Waals surface area contributed by atoms with E-state index >= 15 is 0 Å². The van der Waals surface area contributed by atoms with Crippen LogP contribution < -0.4 is 5.32 Å². The van der Waals surface area contributed by atoms with Gasteiger partial charge < -0.3 is 5.32 Å². The molecular formula is C12H17N5O. The number of amides is 1. The molecule has 0 aliphatic carbocycles. The molecule has 1 N–H and O–H groups in total. The van der Waals surface area contributed by atoms with Gasteiger partial charge in [-0.15, -0.1) is 0 Å². The van der Waals surface area contributed by atoms with Crippen LogP contribution in [0.5, 0.6) is 0 Å². The Morgan fingerprint density at radius 1 is 1.44 bits per heavy atom. The molecule has 0 aromatic carbocycles. The largest absolute Gasteiger partial charge is 0.358 e. The molecule has 0 spiro atoms. The molecular weight excluding hydrogens is 230 g/mol. The molecule has 0 radical (unpaired) electrons. The second-order valence-corrected chi connectivity index (χ2v) is 4.04. The quantitative estimate of drug-likeness (QED) is 0.853. The van der Waals surface area contributed by atoms with Crippen LogP contribution in [0.25, 0.3) is 11.3 Å². The summed E-state index contributed by atoms with van der Waals surface area (Å²) in [6, 6.07) is 1.96. The lowest BCUT2D eigenvalue weighted by molar-refractivity contribution is -0.121. The highest BCUT2D eigenvalue weighted by molar-refractivity contribution is 5.75. The van der Waals surface area contributed by atoms with Crippen molar-refractivity contribution < 1.29 is 4.79 Å². The first-order chi connectivity index (χ1) is 8.74. The molecule has 0 saturated heterocycles. The molecule has 1 amide bonds. The Labute approximate surface area is 106 Å². The predicted molar refractivity (Wildman–Crippen MR) is 67.8 cm³/mol. The normalized spacial score (nSPS) is 10.6. The number of carbonyl (C=O) groups is 1. The standard InChI is InChI=1S/C12H17N5O/c1-3-6-17-11(4-5-14-17)10-7-15-16(8-10)9-12(18)13-2/h4-5,7-8H,3,6,9H2,1-2H3,(H,13,18). The van der Waals surface area contributed by atoms with Crippen LogP contribution in [0.2, 0.25) is 0 Å². The topological polar surface area (TPSA) is 64.7 Å². The van der Waals surface area contributed by atoms with Crippen molar-refractivity contribution in [2.45, 2.75) is 26.4 Å². The monoisotopic (exact) mass is 247 g/mol. The van der Waals surface area contributed by atoms with Crippen LogP contribution in [0.4, 0.5) is 0 Å². The van der Waals surface area contributed by atoms with Crippen LogP contribution in [-0.4, -0.2) is 32.5 Å². The summed E-state index contributed by atoms with van der Waals surface area (Å²) in [6.45, 7) is 3.22. The second-order valence-electron chi connectivity index (χ2n) is 4.04. The van der Waals surface area contributed by atoms with Gasteiger partial charge in [0, 0.05) is 31.5 Å². The van der Waals surface area contributed by atoms with Gasteiger partial charge in [-0.1, -0.05) is 6.92 Å². The minimum absolute atomic E-state index is 0.0632. The SMILES string of the molecule is CCCn1nccc1-c1cnn(CC(=O)NC)c1. The Kier molecular flexibility index (Phi) is 3.76. The number of carbonyl (C=O) groups excluding carboxylic acids is 1. The number of hydrogen-bond donors (Lipinski definition) is 1. The van der Waals surface area contributed by atoms with E-state index in [-0.39, 0.29) is 12.5 Å². The minimum Gasteiger partial charge on any atom is -0.358 e. The third-order valence-corrected chi connectivity index (χ3v) is 2.67. The van der Waals surface area contributed by atoms with Crippen molar-refractivity contribution >= 4 is 5.91 Å². The number of nitrogens with zero attached hydrogens (tertiary/aromatic N) is 4. The maximum atomic E-state index is 11.3. The Morgan fingerprint density at radius 2 is 2.28 bits per heavy atom. The van der Waals surface area contributed by atoms with E-state index in [1.54, 1.807) is 24.1 Å². The van der Waals surface area contributed by atoms with Crippen LogP contribution in [0, 0.1) is 0 Å². The molecule has 2 rings (SSSR count). The summed E-state index contributed by atoms with van der Waals surface area (Å²) in [7, 11) is 1.61. The summed E-state index contributed by atoms with van der Waals surface area (Å²) in [5, 5.41) is 11.0. The van der Waals surface area contributed by atoms with E-state index < -0.39 is 0 Å². The number of aryl methyl sites for hydroxylation is 1. The lowest BCUT2D eigenvalue weighted by Crippen LogP contribution is -2.23. The molecule has 18 heavy (non-hydrogen) atoms. The molecule has 0 saturated carbocycles. The Hall–Kier alpha value is -2.11. The first-order valence-corrected chi connectivity index (χ1v) is 5.99. The van der Waals surface area contributed by atoms with Crippen LogP contribution in [0.1, 0.15) is 13.3 Å². The van der Waals surface area contributed by atoms with Gasteiger partial charge in [-0.2, -0.15) is 10.2 Å². The van der Waals surface area contributed by atoms with Crippen LogP contribution in [-0.2, 0) is 17.9 Å². The first kappa shape index (κ1) is 12.3. The lowest BCUT2D eigenvalue weighted by atomic mass is 10.2. The highest BCUT2D eigenvalue weighted by Gasteiger charge is 2.08. The number of rotatable bonds is 5. The van der Waals surface area contributed by atoms with E-state index in [1.807, 2.05) is 16.9 Å². The van der Waals surface area contributed by atoms with Gasteiger partial charge in [-0.3, -0.25) is 14.2 Å². The minimum atomic E-state index is -0.0632. The number of likely N-dealkylation sites (N-methyl/N-ethyl adjacent to an activating group) is 1. The van der Waals surface area contributed by atoms with Gasteiger partial charge in [0.2, 0.25) is 5.91 Å². The van der Waals surface area contributed by atoms with Crippen molar-refractivity contribution in [2.75, 3.05) is 7.05 Å². The van der Waals surface area contributed by atoms with Crippen molar-refractivity contribution in [1.82, 2.24) is 24.9 Å².